The summed E-state index contributed by atoms with van der Waals surface area (Å²) in [6, 6.07) is 4.68. The van der Waals surface area contributed by atoms with Crippen LogP contribution in [0.5, 0.6) is 0 Å². The van der Waals surface area contributed by atoms with E-state index >= 15 is 0 Å². The van der Waals surface area contributed by atoms with Crippen molar-refractivity contribution < 1.29 is 0 Å². The standard InChI is InChI=1S/C12H12S2Se3/c15-9(3-7-5-13-7)11-1-2-12(17-11)10(16)4-8-6-14-8/h1-2,7-8H,3-6H2. The van der Waals surface area contributed by atoms with Crippen molar-refractivity contribution in [3.05, 3.63) is 21.0 Å². The SMILES string of the molecule is [Se]=C(CC1CS1)c1ccc(C(=[Se])CC2CS2)[se]1. The van der Waals surface area contributed by atoms with Gasteiger partial charge in [-0.1, -0.05) is 0 Å². The molecule has 0 radical (unpaired) electrons. The van der Waals surface area contributed by atoms with Crippen molar-refractivity contribution >= 4 is 78.0 Å². The summed E-state index contributed by atoms with van der Waals surface area (Å²) in [7, 11) is 0. The van der Waals surface area contributed by atoms with Crippen molar-refractivity contribution in [3.8, 4) is 0 Å². The maximum absolute atomic E-state index is 3.30. The van der Waals surface area contributed by atoms with Crippen LogP contribution in [0, 0.1) is 0 Å². The molecule has 0 amide bonds. The van der Waals surface area contributed by atoms with E-state index in [1.807, 2.05) is 0 Å². The van der Waals surface area contributed by atoms with Crippen molar-refractivity contribution in [1.29, 1.82) is 0 Å². The predicted molar refractivity (Wildman–Crippen MR) is 84.8 cm³/mol. The molecule has 5 heteroatoms. The first-order chi connectivity index (χ1) is 8.22. The Kier molecular flexibility index (Phi) is 4.63. The van der Waals surface area contributed by atoms with Gasteiger partial charge in [0.2, 0.25) is 0 Å². The van der Waals surface area contributed by atoms with E-state index in [2.05, 4.69) is 66.8 Å². The number of rotatable bonds is 6. The van der Waals surface area contributed by atoms with Crippen LogP contribution in [-0.4, -0.2) is 76.5 Å². The Labute approximate surface area is 133 Å². The van der Waals surface area contributed by atoms with E-state index in [4.69, 9.17) is 0 Å². The molecule has 17 heavy (non-hydrogen) atoms. The van der Waals surface area contributed by atoms with E-state index < -0.39 is 0 Å². The molecule has 2 unspecified atom stereocenters. The zero-order valence-electron chi connectivity index (χ0n) is 9.18. The molecule has 0 bridgehead atoms. The van der Waals surface area contributed by atoms with E-state index in [1.165, 1.54) is 33.2 Å². The van der Waals surface area contributed by atoms with E-state index in [-0.39, 0.29) is 0 Å². The third-order valence-electron chi connectivity index (χ3n) is 2.79. The molecule has 2 aliphatic heterocycles. The van der Waals surface area contributed by atoms with Crippen LogP contribution in [0.25, 0.3) is 0 Å². The molecule has 0 N–H and O–H groups in total. The minimum atomic E-state index is 0.542. The first-order valence-electron chi connectivity index (χ1n) is 5.62. The molecule has 3 heterocycles. The second-order valence-electron chi connectivity index (χ2n) is 4.33. The second kappa shape index (κ2) is 5.85. The van der Waals surface area contributed by atoms with Gasteiger partial charge in [0.1, 0.15) is 0 Å². The van der Waals surface area contributed by atoms with Crippen molar-refractivity contribution in [3.63, 3.8) is 0 Å². The Morgan fingerprint density at radius 1 is 1.06 bits per heavy atom. The normalized spacial score (nSPS) is 25.6. The van der Waals surface area contributed by atoms with Crippen LogP contribution in [0.3, 0.4) is 0 Å². The molecule has 90 valence electrons. The molecule has 3 rings (SSSR count). The first-order valence-corrected chi connectivity index (χ1v) is 11.1. The summed E-state index contributed by atoms with van der Waals surface area (Å²) in [5, 5.41) is 1.82. The third-order valence-corrected chi connectivity index (χ3v) is 10.2. The van der Waals surface area contributed by atoms with Crippen molar-refractivity contribution in [2.24, 2.45) is 0 Å². The molecule has 2 saturated heterocycles. The van der Waals surface area contributed by atoms with Gasteiger partial charge in [-0.15, -0.1) is 0 Å². The Hall–Kier alpha value is 1.48. The fourth-order valence-corrected chi connectivity index (χ4v) is 7.11. The Morgan fingerprint density at radius 3 is 1.82 bits per heavy atom. The fourth-order valence-electron chi connectivity index (χ4n) is 1.62. The summed E-state index contributed by atoms with van der Waals surface area (Å²) >= 11 is 11.3. The fraction of sp³-hybridized carbons (Fsp3) is 0.500. The molecule has 0 aromatic carbocycles. The molecule has 1 aromatic rings. The van der Waals surface area contributed by atoms with Crippen LogP contribution >= 0.6 is 23.5 Å². The average Bonchev–Trinajstić information content (AvgIpc) is 3.22. The quantitative estimate of drug-likeness (QED) is 0.465. The summed E-state index contributed by atoms with van der Waals surface area (Å²) in [5.41, 5.74) is 0. The Balaban J connectivity index is 1.63. The van der Waals surface area contributed by atoms with Crippen LogP contribution in [-0.2, 0) is 0 Å². The van der Waals surface area contributed by atoms with Gasteiger partial charge in [0, 0.05) is 0 Å². The van der Waals surface area contributed by atoms with E-state index in [0.717, 1.165) is 10.5 Å². The molecule has 2 atom stereocenters. The molecule has 0 saturated carbocycles. The van der Waals surface area contributed by atoms with Gasteiger partial charge in [0.05, 0.1) is 0 Å². The van der Waals surface area contributed by atoms with Gasteiger partial charge in [0.25, 0.3) is 0 Å². The second-order valence-corrected chi connectivity index (χ2v) is 11.3. The number of hydrogen-bond acceptors (Lipinski definition) is 2. The topological polar surface area (TPSA) is 0 Å². The summed E-state index contributed by atoms with van der Waals surface area (Å²) in [6.45, 7) is 0. The molecule has 0 spiro atoms. The van der Waals surface area contributed by atoms with Gasteiger partial charge >= 0.3 is 134 Å². The van der Waals surface area contributed by atoms with Crippen LogP contribution in [0.2, 0.25) is 0 Å². The van der Waals surface area contributed by atoms with Crippen molar-refractivity contribution in [2.45, 2.75) is 23.3 Å². The summed E-state index contributed by atoms with van der Waals surface area (Å²) < 4.78 is 6.19. The Bertz CT molecular complexity index is 418. The summed E-state index contributed by atoms with van der Waals surface area (Å²) in [6.07, 6.45) is 2.53. The zero-order valence-corrected chi connectivity index (χ0v) is 16.0. The average molecular weight is 457 g/mol. The maximum atomic E-state index is 3.30. The van der Waals surface area contributed by atoms with Crippen LogP contribution < -0.4 is 0 Å². The molecular weight excluding hydrogens is 445 g/mol. The van der Waals surface area contributed by atoms with E-state index in [1.54, 1.807) is 8.87 Å². The molecule has 1 aromatic heterocycles. The van der Waals surface area contributed by atoms with E-state index in [9.17, 15) is 0 Å². The van der Waals surface area contributed by atoms with Gasteiger partial charge in [-0.05, 0) is 0 Å². The van der Waals surface area contributed by atoms with Gasteiger partial charge < -0.3 is 0 Å². The van der Waals surface area contributed by atoms with Gasteiger partial charge in [-0.25, -0.2) is 0 Å². The number of hydrogen-bond donors (Lipinski definition) is 0. The molecule has 0 aliphatic carbocycles. The van der Waals surface area contributed by atoms with Gasteiger partial charge in [-0.2, -0.15) is 0 Å². The molecule has 0 nitrogen and oxygen atoms in total. The molecule has 2 fully saturated rings. The van der Waals surface area contributed by atoms with Crippen LogP contribution in [0.15, 0.2) is 12.1 Å². The third kappa shape index (κ3) is 3.97. The Morgan fingerprint density at radius 2 is 1.47 bits per heavy atom. The van der Waals surface area contributed by atoms with Gasteiger partial charge in [0.15, 0.2) is 0 Å². The summed E-state index contributed by atoms with van der Waals surface area (Å²) in [4.78, 5) is 0. The molecule has 2 aliphatic rings. The molecular formula is C12H12S2Se3. The zero-order chi connectivity index (χ0) is 11.8. The first kappa shape index (κ1) is 13.5. The monoisotopic (exact) mass is 460 g/mol. The van der Waals surface area contributed by atoms with E-state index in [0.29, 0.717) is 14.5 Å². The van der Waals surface area contributed by atoms with Crippen molar-refractivity contribution in [1.82, 2.24) is 0 Å². The van der Waals surface area contributed by atoms with Crippen LogP contribution in [0.1, 0.15) is 21.7 Å². The van der Waals surface area contributed by atoms with Crippen LogP contribution in [0.4, 0.5) is 0 Å². The van der Waals surface area contributed by atoms with Gasteiger partial charge in [-0.3, -0.25) is 0 Å². The predicted octanol–water partition coefficient (Wildman–Crippen LogP) is 1.13. The minimum absolute atomic E-state index is 0.542. The summed E-state index contributed by atoms with van der Waals surface area (Å²) in [5.74, 6) is 2.73. The van der Waals surface area contributed by atoms with Crippen molar-refractivity contribution in [2.75, 3.05) is 11.5 Å². The number of thioether (sulfide) groups is 2.